The summed E-state index contributed by atoms with van der Waals surface area (Å²) in [5.74, 6) is -0.910. The van der Waals surface area contributed by atoms with E-state index in [4.69, 9.17) is 9.47 Å². The Labute approximate surface area is 235 Å². The number of hydrogen-bond donors (Lipinski definition) is 1. The van der Waals surface area contributed by atoms with E-state index < -0.39 is 34.5 Å². The van der Waals surface area contributed by atoms with Crippen molar-refractivity contribution >= 4 is 50.3 Å². The molecule has 3 aromatic carbocycles. The number of carbonyl (C=O) groups excluding carboxylic acids is 1. The highest BCUT2D eigenvalue weighted by molar-refractivity contribution is 9.10. The van der Waals surface area contributed by atoms with Crippen molar-refractivity contribution in [3.63, 3.8) is 0 Å². The molecule has 0 aliphatic carbocycles. The number of halogens is 2. The number of amides is 1. The number of nitro benzene ring substituents is 1. The van der Waals surface area contributed by atoms with Gasteiger partial charge in [0, 0.05) is 28.2 Å². The van der Waals surface area contributed by atoms with Crippen LogP contribution in [0.15, 0.2) is 69.0 Å². The van der Waals surface area contributed by atoms with Crippen LogP contribution in [0.4, 0.5) is 15.8 Å². The Morgan fingerprint density at radius 2 is 1.93 bits per heavy atom. The topological polar surface area (TPSA) is 138 Å². The number of ether oxygens (including phenoxy) is 2. The molecule has 0 fully saturated rings. The number of nitro groups is 1. The molecule has 40 heavy (non-hydrogen) atoms. The SMILES string of the molecule is CCOc1cc(C=Nn2c(CC)nc3ccc(Br)cc3c2=O)cc([N+](=O)[O-])c1OCC(=O)Nc1ccc(F)cc1. The van der Waals surface area contributed by atoms with Crippen LogP contribution in [0.1, 0.15) is 25.2 Å². The molecule has 1 N–H and O–H groups in total. The Morgan fingerprint density at radius 3 is 2.60 bits per heavy atom. The van der Waals surface area contributed by atoms with Gasteiger partial charge in [-0.05, 0) is 55.5 Å². The van der Waals surface area contributed by atoms with E-state index in [1.54, 1.807) is 25.1 Å². The highest BCUT2D eigenvalue weighted by Crippen LogP contribution is 2.38. The maximum Gasteiger partial charge on any atom is 0.315 e. The number of rotatable bonds is 10. The molecule has 0 aliphatic heterocycles. The Morgan fingerprint density at radius 1 is 1.18 bits per heavy atom. The molecule has 0 spiro atoms. The monoisotopic (exact) mass is 611 g/mol. The minimum atomic E-state index is -0.675. The van der Waals surface area contributed by atoms with Crippen LogP contribution in [-0.2, 0) is 11.2 Å². The van der Waals surface area contributed by atoms with E-state index in [9.17, 15) is 24.1 Å². The summed E-state index contributed by atoms with van der Waals surface area (Å²) in [7, 11) is 0. The smallest absolute Gasteiger partial charge is 0.315 e. The van der Waals surface area contributed by atoms with Crippen LogP contribution < -0.4 is 20.3 Å². The molecule has 0 saturated carbocycles. The first-order chi connectivity index (χ1) is 19.2. The second-order valence-electron chi connectivity index (χ2n) is 8.31. The molecule has 0 saturated heterocycles. The number of hydrogen-bond acceptors (Lipinski definition) is 8. The van der Waals surface area contributed by atoms with Gasteiger partial charge >= 0.3 is 5.69 Å². The zero-order valence-electron chi connectivity index (χ0n) is 21.4. The van der Waals surface area contributed by atoms with Gasteiger partial charge in [0.15, 0.2) is 12.4 Å². The average molecular weight is 612 g/mol. The third-order valence-electron chi connectivity index (χ3n) is 5.54. The van der Waals surface area contributed by atoms with Crippen molar-refractivity contribution in [3.8, 4) is 11.5 Å². The van der Waals surface area contributed by atoms with Gasteiger partial charge in [-0.1, -0.05) is 22.9 Å². The predicted molar refractivity (Wildman–Crippen MR) is 151 cm³/mol. The number of nitrogens with zero attached hydrogens (tertiary/aromatic N) is 4. The molecular formula is C27H23BrFN5O6. The first-order valence-corrected chi connectivity index (χ1v) is 12.9. The van der Waals surface area contributed by atoms with Gasteiger partial charge in [0.2, 0.25) is 5.75 Å². The maximum atomic E-state index is 13.2. The van der Waals surface area contributed by atoms with Gasteiger partial charge in [-0.25, -0.2) is 9.37 Å². The van der Waals surface area contributed by atoms with Crippen molar-refractivity contribution in [2.45, 2.75) is 20.3 Å². The molecule has 0 atom stereocenters. The number of nitrogens with one attached hydrogen (secondary N) is 1. The molecule has 4 aromatic rings. The van der Waals surface area contributed by atoms with E-state index in [2.05, 4.69) is 31.3 Å². The molecule has 206 valence electrons. The van der Waals surface area contributed by atoms with Crippen LogP contribution in [0.3, 0.4) is 0 Å². The summed E-state index contributed by atoms with van der Waals surface area (Å²) in [5, 5.41) is 19.1. The summed E-state index contributed by atoms with van der Waals surface area (Å²) in [6, 6.07) is 12.9. The highest BCUT2D eigenvalue weighted by Gasteiger charge is 2.23. The first kappa shape index (κ1) is 28.4. The van der Waals surface area contributed by atoms with Crippen molar-refractivity contribution < 1.29 is 23.6 Å². The molecule has 0 aliphatic rings. The van der Waals surface area contributed by atoms with E-state index in [0.717, 1.165) is 4.68 Å². The lowest BCUT2D eigenvalue weighted by atomic mass is 10.2. The second-order valence-corrected chi connectivity index (χ2v) is 9.22. The molecule has 1 aromatic heterocycles. The Balaban J connectivity index is 1.66. The van der Waals surface area contributed by atoms with Crippen molar-refractivity contribution in [2.75, 3.05) is 18.5 Å². The van der Waals surface area contributed by atoms with Crippen LogP contribution in [-0.4, -0.2) is 39.9 Å². The minimum absolute atomic E-state index is 0.0105. The molecule has 0 bridgehead atoms. The van der Waals surface area contributed by atoms with E-state index in [0.29, 0.717) is 33.3 Å². The van der Waals surface area contributed by atoms with Crippen LogP contribution in [0.5, 0.6) is 11.5 Å². The van der Waals surface area contributed by atoms with Gasteiger partial charge in [-0.3, -0.25) is 19.7 Å². The summed E-state index contributed by atoms with van der Waals surface area (Å²) in [6.45, 7) is 3.09. The molecule has 13 heteroatoms. The fourth-order valence-corrected chi connectivity index (χ4v) is 4.12. The van der Waals surface area contributed by atoms with E-state index in [1.807, 2.05) is 6.92 Å². The van der Waals surface area contributed by atoms with Gasteiger partial charge in [0.25, 0.3) is 11.5 Å². The van der Waals surface area contributed by atoms with E-state index in [1.165, 1.54) is 42.6 Å². The summed E-state index contributed by atoms with van der Waals surface area (Å²) < 4.78 is 26.0. The van der Waals surface area contributed by atoms with Gasteiger partial charge in [-0.15, -0.1) is 0 Å². The molecule has 0 radical (unpaired) electrons. The van der Waals surface area contributed by atoms with Crippen LogP contribution in [0.25, 0.3) is 10.9 Å². The minimum Gasteiger partial charge on any atom is -0.490 e. The fraction of sp³-hybridized carbons (Fsp3) is 0.185. The summed E-state index contributed by atoms with van der Waals surface area (Å²) in [6.07, 6.45) is 1.70. The molecule has 1 amide bonds. The predicted octanol–water partition coefficient (Wildman–Crippen LogP) is 5.07. The summed E-state index contributed by atoms with van der Waals surface area (Å²) in [4.78, 5) is 41.3. The second kappa shape index (κ2) is 12.5. The largest absolute Gasteiger partial charge is 0.490 e. The summed E-state index contributed by atoms with van der Waals surface area (Å²) in [5.41, 5.74) is 0.243. The van der Waals surface area contributed by atoms with Gasteiger partial charge in [0.1, 0.15) is 11.6 Å². The molecule has 0 unspecified atom stereocenters. The van der Waals surface area contributed by atoms with Gasteiger partial charge in [0.05, 0.1) is 28.6 Å². The van der Waals surface area contributed by atoms with E-state index in [-0.39, 0.29) is 23.7 Å². The normalized spacial score (nSPS) is 11.1. The van der Waals surface area contributed by atoms with Crippen LogP contribution in [0, 0.1) is 15.9 Å². The lowest BCUT2D eigenvalue weighted by Crippen LogP contribution is -2.22. The zero-order valence-corrected chi connectivity index (χ0v) is 23.0. The highest BCUT2D eigenvalue weighted by atomic mass is 79.9. The lowest BCUT2D eigenvalue weighted by Gasteiger charge is -2.13. The fourth-order valence-electron chi connectivity index (χ4n) is 3.76. The van der Waals surface area contributed by atoms with Crippen molar-refractivity contribution in [2.24, 2.45) is 5.10 Å². The third-order valence-corrected chi connectivity index (χ3v) is 6.04. The zero-order chi connectivity index (χ0) is 28.8. The van der Waals surface area contributed by atoms with Crippen molar-refractivity contribution in [1.29, 1.82) is 0 Å². The Kier molecular flexibility index (Phi) is 8.84. The third kappa shape index (κ3) is 6.49. The number of carbonyl (C=O) groups is 1. The lowest BCUT2D eigenvalue weighted by molar-refractivity contribution is -0.385. The first-order valence-electron chi connectivity index (χ1n) is 12.1. The van der Waals surface area contributed by atoms with Gasteiger partial charge < -0.3 is 14.8 Å². The van der Waals surface area contributed by atoms with E-state index >= 15 is 0 Å². The number of fused-ring (bicyclic) bond motifs is 1. The standard InChI is InChI=1S/C27H23BrFN5O6/c1-3-24-32-21-10-5-17(28)13-20(21)27(36)33(24)30-14-16-11-22(34(37)38)26(23(12-16)39-4-2)40-15-25(35)31-19-8-6-18(29)7-9-19/h5-14H,3-4,15H2,1-2H3,(H,31,35). The summed E-state index contributed by atoms with van der Waals surface area (Å²) >= 11 is 3.35. The number of aromatic nitrogens is 2. The maximum absolute atomic E-state index is 13.2. The van der Waals surface area contributed by atoms with Crippen molar-refractivity contribution in [1.82, 2.24) is 9.66 Å². The molecule has 4 rings (SSSR count). The van der Waals surface area contributed by atoms with Crippen LogP contribution in [0.2, 0.25) is 0 Å². The van der Waals surface area contributed by atoms with Gasteiger partial charge in [-0.2, -0.15) is 9.78 Å². The number of aryl methyl sites for hydroxylation is 1. The molecule has 11 nitrogen and oxygen atoms in total. The molecular weight excluding hydrogens is 589 g/mol. The quantitative estimate of drug-likeness (QED) is 0.150. The van der Waals surface area contributed by atoms with Crippen molar-refractivity contribution in [3.05, 3.63) is 96.7 Å². The average Bonchev–Trinajstić information content (AvgIpc) is 2.93. The Bertz CT molecular complexity index is 1670. The molecule has 1 heterocycles. The van der Waals surface area contributed by atoms with Crippen LogP contribution >= 0.6 is 15.9 Å². The number of anilines is 1. The number of benzene rings is 3. The Hall–Kier alpha value is -4.65.